The van der Waals surface area contributed by atoms with Gasteiger partial charge in [-0.15, -0.1) is 0 Å². The molecule has 0 aliphatic carbocycles. The number of allylic oxidation sites excluding steroid dienone is 10. The van der Waals surface area contributed by atoms with Crippen molar-refractivity contribution in [3.05, 3.63) is 109 Å². The largest absolute Gasteiger partial charge is 0.481 e. The van der Waals surface area contributed by atoms with E-state index in [1.165, 1.54) is 68.5 Å². The normalized spacial score (nSPS) is 42.0. The van der Waals surface area contributed by atoms with Gasteiger partial charge < -0.3 is 101 Å². The molecule has 0 amide bonds. The maximum atomic E-state index is 13.1. The van der Waals surface area contributed by atoms with E-state index in [-0.39, 0.29) is 19.3 Å². The molecule has 17 N–H and O–H groups in total. The van der Waals surface area contributed by atoms with Crippen molar-refractivity contribution >= 4 is 35.4 Å². The molecular weight excluding hydrogens is 1130 g/mol. The van der Waals surface area contributed by atoms with Gasteiger partial charge in [0.1, 0.15) is 35.6 Å². The van der Waals surface area contributed by atoms with E-state index in [9.17, 15) is 105 Å². The van der Waals surface area contributed by atoms with E-state index in [0.29, 0.717) is 0 Å². The van der Waals surface area contributed by atoms with Crippen LogP contribution in [0.4, 0.5) is 0 Å². The van der Waals surface area contributed by atoms with Gasteiger partial charge in [0.15, 0.2) is 6.29 Å². The SMILES string of the molecule is CC1C/C=C\C=C/C(C2CC(C)OC(=O)/C=C\C(O)C(O)CC(O)CC(=O)CC(O)C(C(=O)O)C(O)CC(O[C@@H]3O[C@H](C)[C@@H](O)[C@H](N)[C@@H]3O)\C=C/C=C\C=C/C2O)/C=C\C=C/CC(O)C(C(=O)O)C(O)CC(=O)CC(O)CC(O)C(O)/C=C\C(=O)O1. The molecule has 3 heterocycles. The summed E-state index contributed by atoms with van der Waals surface area (Å²) in [6.07, 6.45) is -8.32. The molecular formula is C60H87NO25. The van der Waals surface area contributed by atoms with E-state index in [2.05, 4.69) is 0 Å². The van der Waals surface area contributed by atoms with Crippen LogP contribution in [0.1, 0.15) is 85.0 Å². The molecule has 0 radical (unpaired) electrons. The standard InChI is InChI=1S/C60H87NO25/c1-32-14-8-6-9-15-35(16-10-7-13-19-45(69)53(58(79)80)48(72)29-38(64)25-36(62)27-46(70)43(67)20-22-51(75)83-32)41-24-33(2)84-52(76)23-21-44(68)47(71)28-37(63)26-39(65)30-49(73)54(59(81)82)50(74)31-40(17-11-4-5-12-18-42(41)66)86-60-57(78)55(61)56(77)34(3)85-60/h4-13,15-18,20-23,32-37,40-50,53-57,60,62-63,66-74,77-78H,14,19,24-31,61H2,1-3H3,(H,79,80)(H,81,82)/b5-4-,8-6-,13-7-,15-9-,16-10-,17-11-,18-12-,22-20-,23-21-/t32?,33?,34-,35?,36?,37?,40?,41?,42?,43?,44?,45?,46?,47?,48?,49?,50?,53?,54?,55+,56-,57+,60+/m1/s1. The number of hydrogen-bond acceptors (Lipinski definition) is 24. The van der Waals surface area contributed by atoms with E-state index in [1.807, 2.05) is 0 Å². The number of esters is 2. The molecule has 3 aliphatic rings. The van der Waals surface area contributed by atoms with Crippen molar-refractivity contribution in [2.45, 2.75) is 201 Å². The number of carbonyl (C=O) groups excluding carboxylic acids is 4. The van der Waals surface area contributed by atoms with Gasteiger partial charge in [0.2, 0.25) is 0 Å². The smallest absolute Gasteiger partial charge is 0.330 e. The van der Waals surface area contributed by atoms with Crippen LogP contribution in [0.15, 0.2) is 109 Å². The fraction of sp³-hybridized carbons (Fsp3) is 0.600. The number of aliphatic carboxylic acids is 2. The van der Waals surface area contributed by atoms with E-state index >= 15 is 0 Å². The topological polar surface area (TPSA) is 469 Å². The van der Waals surface area contributed by atoms with Crippen molar-refractivity contribution in [2.24, 2.45) is 29.4 Å². The molecule has 23 atom stereocenters. The Kier molecular flexibility index (Phi) is 32.8. The van der Waals surface area contributed by atoms with Crippen LogP contribution in [0, 0.1) is 23.7 Å². The predicted molar refractivity (Wildman–Crippen MR) is 304 cm³/mol. The Morgan fingerprint density at radius 1 is 0.488 bits per heavy atom. The summed E-state index contributed by atoms with van der Waals surface area (Å²) < 4.78 is 22.6. The van der Waals surface area contributed by atoms with Crippen LogP contribution in [-0.2, 0) is 47.7 Å². The zero-order chi connectivity index (χ0) is 64.4. The number of ether oxygens (including phenoxy) is 4. The van der Waals surface area contributed by atoms with Gasteiger partial charge in [0.05, 0.1) is 97.6 Å². The average molecular weight is 1220 g/mol. The number of cyclic esters (lactones) is 2. The van der Waals surface area contributed by atoms with Crippen LogP contribution in [-0.4, -0.2) is 228 Å². The second kappa shape index (κ2) is 37.8. The van der Waals surface area contributed by atoms with Gasteiger partial charge in [-0.1, -0.05) is 85.1 Å². The summed E-state index contributed by atoms with van der Waals surface area (Å²) in [6, 6.07) is -1.25. The third kappa shape index (κ3) is 26.3. The Morgan fingerprint density at radius 2 is 0.953 bits per heavy atom. The van der Waals surface area contributed by atoms with Gasteiger partial charge >= 0.3 is 23.9 Å². The van der Waals surface area contributed by atoms with Crippen molar-refractivity contribution in [2.75, 3.05) is 0 Å². The maximum Gasteiger partial charge on any atom is 0.330 e. The van der Waals surface area contributed by atoms with Crippen LogP contribution in [0.25, 0.3) is 0 Å². The van der Waals surface area contributed by atoms with Crippen molar-refractivity contribution in [3.8, 4) is 0 Å². The molecule has 482 valence electrons. The second-order valence-corrected chi connectivity index (χ2v) is 21.9. The van der Waals surface area contributed by atoms with Crippen molar-refractivity contribution in [1.29, 1.82) is 0 Å². The first kappa shape index (κ1) is 74.5. The predicted octanol–water partition coefficient (Wildman–Crippen LogP) is -1.29. The first-order valence-corrected chi connectivity index (χ1v) is 28.4. The molecule has 0 aromatic rings. The molecule has 26 nitrogen and oxygen atoms in total. The lowest BCUT2D eigenvalue weighted by atomic mass is 9.82. The number of nitrogens with two attached hydrogens (primary N) is 1. The molecule has 3 rings (SSSR count). The fourth-order valence-electron chi connectivity index (χ4n) is 9.76. The van der Waals surface area contributed by atoms with Crippen LogP contribution < -0.4 is 5.73 Å². The van der Waals surface area contributed by atoms with Crippen LogP contribution in [0.5, 0.6) is 0 Å². The van der Waals surface area contributed by atoms with Crippen LogP contribution in [0.2, 0.25) is 0 Å². The molecule has 18 unspecified atom stereocenters. The summed E-state index contributed by atoms with van der Waals surface area (Å²) in [6.45, 7) is 4.54. The molecule has 0 aromatic heterocycles. The number of aliphatic hydroxyl groups excluding tert-OH is 13. The Labute approximate surface area is 498 Å². The Morgan fingerprint density at radius 3 is 1.47 bits per heavy atom. The molecule has 86 heavy (non-hydrogen) atoms. The minimum absolute atomic E-state index is 0.0898. The first-order valence-electron chi connectivity index (χ1n) is 28.4. The Balaban J connectivity index is 2.14. The van der Waals surface area contributed by atoms with Gasteiger partial charge in [-0.2, -0.15) is 0 Å². The highest BCUT2D eigenvalue weighted by Gasteiger charge is 2.44. The van der Waals surface area contributed by atoms with Crippen molar-refractivity contribution in [3.63, 3.8) is 0 Å². The highest BCUT2D eigenvalue weighted by Crippen LogP contribution is 2.29. The van der Waals surface area contributed by atoms with E-state index < -0.39 is 220 Å². The summed E-state index contributed by atoms with van der Waals surface area (Å²) in [7, 11) is 0. The lowest BCUT2D eigenvalue weighted by Gasteiger charge is -2.41. The third-order valence-electron chi connectivity index (χ3n) is 14.5. The number of ketones is 2. The number of hydrogen-bond donors (Lipinski definition) is 16. The molecule has 0 bridgehead atoms. The summed E-state index contributed by atoms with van der Waals surface area (Å²) in [5, 5.41) is 160. The zero-order valence-electron chi connectivity index (χ0n) is 48.1. The molecule has 3 aliphatic heterocycles. The molecule has 0 aromatic carbocycles. The summed E-state index contributed by atoms with van der Waals surface area (Å²) in [5.41, 5.74) is 6.01. The number of carboxylic acid groups (broad SMARTS) is 2. The van der Waals surface area contributed by atoms with E-state index in [1.54, 1.807) is 37.3 Å². The molecule has 1 saturated heterocycles. The summed E-state index contributed by atoms with van der Waals surface area (Å²) >= 11 is 0. The van der Waals surface area contributed by atoms with Crippen LogP contribution in [0.3, 0.4) is 0 Å². The number of carbonyl (C=O) groups is 6. The molecule has 0 saturated carbocycles. The van der Waals surface area contributed by atoms with Crippen LogP contribution >= 0.6 is 0 Å². The highest BCUT2D eigenvalue weighted by atomic mass is 16.7. The highest BCUT2D eigenvalue weighted by molar-refractivity contribution is 5.83. The van der Waals surface area contributed by atoms with Gasteiger partial charge in [-0.3, -0.25) is 19.2 Å². The fourth-order valence-corrected chi connectivity index (χ4v) is 9.76. The number of rotatable bonds is 5. The maximum absolute atomic E-state index is 13.1. The molecule has 0 spiro atoms. The van der Waals surface area contributed by atoms with Gasteiger partial charge in [0.25, 0.3) is 0 Å². The summed E-state index contributed by atoms with van der Waals surface area (Å²) in [4.78, 5) is 76.2. The Bertz CT molecular complexity index is 2440. The lowest BCUT2D eigenvalue weighted by Crippen LogP contribution is -2.61. The number of carboxylic acids is 2. The molecule has 1 fully saturated rings. The summed E-state index contributed by atoms with van der Waals surface area (Å²) in [5.74, 6) is -12.5. The quantitative estimate of drug-likeness (QED) is 0.142. The second-order valence-electron chi connectivity index (χ2n) is 21.9. The van der Waals surface area contributed by atoms with E-state index in [4.69, 9.17) is 24.7 Å². The number of aliphatic hydroxyl groups is 13. The lowest BCUT2D eigenvalue weighted by molar-refractivity contribution is -0.277. The van der Waals surface area contributed by atoms with Gasteiger partial charge in [-0.25, -0.2) is 9.59 Å². The van der Waals surface area contributed by atoms with Gasteiger partial charge in [0, 0.05) is 75.4 Å². The van der Waals surface area contributed by atoms with Crippen molar-refractivity contribution < 1.29 is 124 Å². The Hall–Kier alpha value is -5.76. The van der Waals surface area contributed by atoms with Gasteiger partial charge in [-0.05, 0) is 45.8 Å². The number of Topliss-reactive ketones (excluding diaryl/α,β-unsaturated/α-hetero) is 2. The monoisotopic (exact) mass is 1220 g/mol. The molecule has 26 heteroatoms. The van der Waals surface area contributed by atoms with Crippen molar-refractivity contribution in [1.82, 2.24) is 0 Å². The first-order chi connectivity index (χ1) is 40.5. The zero-order valence-corrected chi connectivity index (χ0v) is 48.1. The minimum Gasteiger partial charge on any atom is -0.481 e. The average Bonchev–Trinajstić information content (AvgIpc) is 2.74. The third-order valence-corrected chi connectivity index (χ3v) is 14.5. The minimum atomic E-state index is -2.03. The van der Waals surface area contributed by atoms with E-state index in [0.717, 1.165) is 24.3 Å².